The monoisotopic (exact) mass is 306 g/mol. The molecule has 0 saturated heterocycles. The summed E-state index contributed by atoms with van der Waals surface area (Å²) in [6, 6.07) is 6.15. The molecule has 0 unspecified atom stereocenters. The van der Waals surface area contributed by atoms with Gasteiger partial charge in [0.25, 0.3) is 5.91 Å². The Hall–Kier alpha value is -1.11. The molecule has 0 atom stereocenters. The molecule has 0 spiro atoms. The summed E-state index contributed by atoms with van der Waals surface area (Å²) in [6.07, 6.45) is 0. The van der Waals surface area contributed by atoms with Crippen LogP contribution in [0.1, 0.15) is 20.7 Å². The number of rotatable bonds is 2. The normalized spacial score (nSPS) is 8.64. The van der Waals surface area contributed by atoms with Crippen molar-refractivity contribution < 1.29 is 9.59 Å². The predicted octanol–water partition coefficient (Wildman–Crippen LogP) is 0.763. The zero-order valence-electron chi connectivity index (χ0n) is 7.61. The summed E-state index contributed by atoms with van der Waals surface area (Å²) in [4.78, 5) is 21.7. The van der Waals surface area contributed by atoms with Gasteiger partial charge in [-0.15, -0.1) is 24.0 Å². The molecule has 5 heteroatoms. The molecule has 0 aliphatic carbocycles. The van der Waals surface area contributed by atoms with E-state index in [0.717, 1.165) is 0 Å². The van der Waals surface area contributed by atoms with Crippen LogP contribution in [0.2, 0.25) is 0 Å². The van der Waals surface area contributed by atoms with E-state index in [1.54, 1.807) is 19.2 Å². The van der Waals surface area contributed by atoms with Gasteiger partial charge in [0.05, 0.1) is 0 Å². The Kier molecular flexibility index (Phi) is 5.14. The molecule has 0 fully saturated rings. The van der Waals surface area contributed by atoms with E-state index >= 15 is 0 Å². The highest BCUT2D eigenvalue weighted by Crippen LogP contribution is 2.03. The average Bonchev–Trinajstić information content (AvgIpc) is 2.17. The topological polar surface area (TPSA) is 72.2 Å². The second-order valence-corrected chi connectivity index (χ2v) is 2.52. The van der Waals surface area contributed by atoms with Crippen molar-refractivity contribution in [1.82, 2.24) is 5.32 Å². The van der Waals surface area contributed by atoms with Gasteiger partial charge in [-0.05, 0) is 24.3 Å². The van der Waals surface area contributed by atoms with Crippen molar-refractivity contribution in [3.63, 3.8) is 0 Å². The molecule has 1 rings (SSSR count). The Bertz CT molecular complexity index is 335. The lowest BCUT2D eigenvalue weighted by Gasteiger charge is -1.99. The van der Waals surface area contributed by atoms with Gasteiger partial charge in [-0.1, -0.05) is 0 Å². The van der Waals surface area contributed by atoms with Gasteiger partial charge in [0.2, 0.25) is 5.91 Å². The molecule has 0 aliphatic rings. The summed E-state index contributed by atoms with van der Waals surface area (Å²) in [5.41, 5.74) is 5.94. The first-order valence-electron chi connectivity index (χ1n) is 3.77. The lowest BCUT2D eigenvalue weighted by Crippen LogP contribution is -2.18. The summed E-state index contributed by atoms with van der Waals surface area (Å²) in [6.45, 7) is 0. The molecule has 0 aliphatic heterocycles. The second kappa shape index (κ2) is 5.58. The van der Waals surface area contributed by atoms with E-state index in [-0.39, 0.29) is 29.9 Å². The van der Waals surface area contributed by atoms with Crippen LogP contribution in [0, 0.1) is 0 Å². The quantitative estimate of drug-likeness (QED) is 0.792. The molecule has 2 amide bonds. The Morgan fingerprint density at radius 2 is 1.57 bits per heavy atom. The number of primary amides is 1. The van der Waals surface area contributed by atoms with Crippen molar-refractivity contribution >= 4 is 35.8 Å². The predicted molar refractivity (Wildman–Crippen MR) is 63.8 cm³/mol. The molecule has 1 aromatic carbocycles. The van der Waals surface area contributed by atoms with Crippen molar-refractivity contribution in [2.45, 2.75) is 0 Å². The number of nitrogens with one attached hydrogen (secondary N) is 1. The molecule has 3 N–H and O–H groups in total. The van der Waals surface area contributed by atoms with E-state index in [2.05, 4.69) is 5.32 Å². The minimum atomic E-state index is -0.497. The van der Waals surface area contributed by atoms with Crippen molar-refractivity contribution in [2.24, 2.45) is 5.73 Å². The molecule has 1 aromatic rings. The summed E-state index contributed by atoms with van der Waals surface area (Å²) in [7, 11) is 1.55. The van der Waals surface area contributed by atoms with Crippen LogP contribution in [0.3, 0.4) is 0 Å². The molecule has 0 bridgehead atoms. The van der Waals surface area contributed by atoms with E-state index in [4.69, 9.17) is 5.73 Å². The molecule has 0 radical (unpaired) electrons. The SMILES string of the molecule is CNC(=O)c1ccc(C(N)=O)cc1.I. The molecule has 76 valence electrons. The smallest absolute Gasteiger partial charge is 0.251 e. The van der Waals surface area contributed by atoms with Crippen molar-refractivity contribution in [3.8, 4) is 0 Å². The van der Waals surface area contributed by atoms with Gasteiger partial charge in [-0.3, -0.25) is 9.59 Å². The fraction of sp³-hybridized carbons (Fsp3) is 0.111. The summed E-state index contributed by atoms with van der Waals surface area (Å²) < 4.78 is 0. The van der Waals surface area contributed by atoms with Gasteiger partial charge >= 0.3 is 0 Å². The third kappa shape index (κ3) is 2.99. The Labute approximate surface area is 98.9 Å². The van der Waals surface area contributed by atoms with Gasteiger partial charge < -0.3 is 11.1 Å². The molecule has 0 heterocycles. The van der Waals surface area contributed by atoms with Crippen LogP contribution in [0.25, 0.3) is 0 Å². The van der Waals surface area contributed by atoms with Crippen LogP contribution in [0.15, 0.2) is 24.3 Å². The van der Waals surface area contributed by atoms with Crippen LogP contribution >= 0.6 is 24.0 Å². The lowest BCUT2D eigenvalue weighted by molar-refractivity contribution is 0.0959. The van der Waals surface area contributed by atoms with Gasteiger partial charge in [-0.2, -0.15) is 0 Å². The summed E-state index contributed by atoms with van der Waals surface area (Å²) in [5.74, 6) is -0.681. The van der Waals surface area contributed by atoms with Crippen LogP contribution in [0.5, 0.6) is 0 Å². The van der Waals surface area contributed by atoms with E-state index < -0.39 is 5.91 Å². The average molecular weight is 306 g/mol. The van der Waals surface area contributed by atoms with E-state index in [9.17, 15) is 9.59 Å². The Morgan fingerprint density at radius 1 is 1.14 bits per heavy atom. The number of hydrogen-bond acceptors (Lipinski definition) is 2. The lowest BCUT2D eigenvalue weighted by atomic mass is 10.1. The fourth-order valence-corrected chi connectivity index (χ4v) is 0.930. The van der Waals surface area contributed by atoms with Crippen LogP contribution in [0.4, 0.5) is 0 Å². The first-order valence-corrected chi connectivity index (χ1v) is 3.77. The zero-order chi connectivity index (χ0) is 9.84. The number of carbonyl (C=O) groups excluding carboxylic acids is 2. The summed E-state index contributed by atoms with van der Waals surface area (Å²) >= 11 is 0. The maximum Gasteiger partial charge on any atom is 0.251 e. The molecular formula is C9H11IN2O2. The van der Waals surface area contributed by atoms with E-state index in [1.165, 1.54) is 12.1 Å². The number of amides is 2. The van der Waals surface area contributed by atoms with Crippen molar-refractivity contribution in [2.75, 3.05) is 7.05 Å². The number of halogens is 1. The third-order valence-corrected chi connectivity index (χ3v) is 1.66. The Morgan fingerprint density at radius 3 is 1.93 bits per heavy atom. The minimum absolute atomic E-state index is 0. The van der Waals surface area contributed by atoms with E-state index in [1.807, 2.05) is 0 Å². The standard InChI is InChI=1S/C9H10N2O2.HI/c1-11-9(13)7-4-2-6(3-5-7)8(10)12;/h2-5H,1H3,(H2,10,12)(H,11,13);1H. The molecular weight excluding hydrogens is 295 g/mol. The fourth-order valence-electron chi connectivity index (χ4n) is 0.930. The maximum atomic E-state index is 11.1. The van der Waals surface area contributed by atoms with Crippen LogP contribution < -0.4 is 11.1 Å². The third-order valence-electron chi connectivity index (χ3n) is 1.66. The van der Waals surface area contributed by atoms with Gasteiger partial charge in [0.1, 0.15) is 0 Å². The van der Waals surface area contributed by atoms with Crippen LogP contribution in [-0.2, 0) is 0 Å². The number of nitrogens with two attached hydrogens (primary N) is 1. The van der Waals surface area contributed by atoms with E-state index in [0.29, 0.717) is 11.1 Å². The first kappa shape index (κ1) is 12.9. The largest absolute Gasteiger partial charge is 0.366 e. The molecule has 14 heavy (non-hydrogen) atoms. The number of carbonyl (C=O) groups is 2. The van der Waals surface area contributed by atoms with Crippen LogP contribution in [-0.4, -0.2) is 18.9 Å². The Balaban J connectivity index is 0.00000169. The first-order chi connectivity index (χ1) is 6.15. The second-order valence-electron chi connectivity index (χ2n) is 2.52. The minimum Gasteiger partial charge on any atom is -0.366 e. The van der Waals surface area contributed by atoms with Gasteiger partial charge in [-0.25, -0.2) is 0 Å². The maximum absolute atomic E-state index is 11.1. The van der Waals surface area contributed by atoms with Crippen molar-refractivity contribution in [1.29, 1.82) is 0 Å². The number of hydrogen-bond donors (Lipinski definition) is 2. The molecule has 0 saturated carbocycles. The zero-order valence-corrected chi connectivity index (χ0v) is 9.94. The number of benzene rings is 1. The molecule has 0 aromatic heterocycles. The highest BCUT2D eigenvalue weighted by atomic mass is 127. The molecule has 4 nitrogen and oxygen atoms in total. The highest BCUT2D eigenvalue weighted by Gasteiger charge is 2.03. The summed E-state index contributed by atoms with van der Waals surface area (Å²) in [5, 5.41) is 2.47. The van der Waals surface area contributed by atoms with Gasteiger partial charge in [0, 0.05) is 18.2 Å². The van der Waals surface area contributed by atoms with Crippen molar-refractivity contribution in [3.05, 3.63) is 35.4 Å². The van der Waals surface area contributed by atoms with Gasteiger partial charge in [0.15, 0.2) is 0 Å². The highest BCUT2D eigenvalue weighted by molar-refractivity contribution is 14.0.